The van der Waals surface area contributed by atoms with Crippen molar-refractivity contribution in [3.05, 3.63) is 29.3 Å². The molecule has 1 amide bonds. The smallest absolute Gasteiger partial charge is 0.393 e. The van der Waals surface area contributed by atoms with Crippen LogP contribution in [0.2, 0.25) is 0 Å². The quantitative estimate of drug-likeness (QED) is 0.878. The van der Waals surface area contributed by atoms with E-state index >= 15 is 0 Å². The number of hydrogen-bond donors (Lipinski definition) is 2. The number of nitrogens with one attached hydrogen (secondary N) is 1. The largest absolute Gasteiger partial charge is 0.478 e. The lowest BCUT2D eigenvalue weighted by molar-refractivity contribution is -0.127. The summed E-state index contributed by atoms with van der Waals surface area (Å²) in [7, 11) is 0. The van der Waals surface area contributed by atoms with Gasteiger partial charge in [0.2, 0.25) is 5.91 Å². The summed E-state index contributed by atoms with van der Waals surface area (Å²) in [6, 6.07) is 3.12. The van der Waals surface area contributed by atoms with Crippen molar-refractivity contribution < 1.29 is 27.9 Å². The summed E-state index contributed by atoms with van der Waals surface area (Å²) in [5, 5.41) is 11.0. The Kier molecular flexibility index (Phi) is 3.95. The Morgan fingerprint density at radius 3 is 2.39 bits per heavy atom. The molecule has 0 spiro atoms. The van der Waals surface area contributed by atoms with E-state index in [1.807, 2.05) is 0 Å². The van der Waals surface area contributed by atoms with Gasteiger partial charge in [-0.2, -0.15) is 13.2 Å². The third-order valence-electron chi connectivity index (χ3n) is 2.03. The molecule has 1 aromatic rings. The van der Waals surface area contributed by atoms with E-state index in [2.05, 4.69) is 5.32 Å². The zero-order valence-corrected chi connectivity index (χ0v) is 9.34. The van der Waals surface area contributed by atoms with Crippen LogP contribution in [0.5, 0.6) is 0 Å². The molecule has 0 fully saturated rings. The number of carboxylic acids is 1. The molecule has 0 aliphatic rings. The molecule has 98 valence electrons. The predicted octanol–water partition coefficient (Wildman–Crippen LogP) is 2.45. The van der Waals surface area contributed by atoms with Crippen LogP contribution in [0.4, 0.5) is 18.9 Å². The van der Waals surface area contributed by atoms with Crippen LogP contribution < -0.4 is 5.32 Å². The first kappa shape index (κ1) is 14.0. The highest BCUT2D eigenvalue weighted by atomic mass is 19.4. The Bertz CT molecular complexity index is 483. The number of aromatic carboxylic acids is 1. The Morgan fingerprint density at radius 1 is 1.33 bits per heavy atom. The maximum Gasteiger partial charge on any atom is 0.393 e. The van der Waals surface area contributed by atoms with Gasteiger partial charge in [0, 0.05) is 6.92 Å². The summed E-state index contributed by atoms with van der Waals surface area (Å²) in [6.45, 7) is 1.14. The van der Waals surface area contributed by atoms with Gasteiger partial charge >= 0.3 is 12.1 Å². The van der Waals surface area contributed by atoms with Gasteiger partial charge in [0.25, 0.3) is 0 Å². The van der Waals surface area contributed by atoms with E-state index in [1.165, 1.54) is 0 Å². The van der Waals surface area contributed by atoms with Crippen LogP contribution in [0.15, 0.2) is 18.2 Å². The Balaban J connectivity index is 3.12. The van der Waals surface area contributed by atoms with Gasteiger partial charge in [-0.25, -0.2) is 4.79 Å². The lowest BCUT2D eigenvalue weighted by Crippen LogP contribution is -2.14. The maximum atomic E-state index is 12.2. The Morgan fingerprint density at radius 2 is 1.94 bits per heavy atom. The fraction of sp³-hybridized carbons (Fsp3) is 0.273. The van der Waals surface area contributed by atoms with Gasteiger partial charge in [0.15, 0.2) is 0 Å². The molecule has 1 aromatic carbocycles. The topological polar surface area (TPSA) is 66.4 Å². The highest BCUT2D eigenvalue weighted by Crippen LogP contribution is 2.25. The number of carbonyl (C=O) groups is 2. The number of anilines is 1. The molecule has 2 N–H and O–H groups in total. The molecule has 0 radical (unpaired) electrons. The minimum atomic E-state index is -4.39. The molecule has 7 heteroatoms. The van der Waals surface area contributed by atoms with Gasteiger partial charge in [-0.15, -0.1) is 0 Å². The van der Waals surface area contributed by atoms with Gasteiger partial charge in [0.05, 0.1) is 17.7 Å². The number of carboxylic acid groups (broad SMARTS) is 1. The van der Waals surface area contributed by atoms with Crippen LogP contribution in [0, 0.1) is 0 Å². The second kappa shape index (κ2) is 5.07. The first-order valence-corrected chi connectivity index (χ1v) is 4.89. The van der Waals surface area contributed by atoms with Crippen molar-refractivity contribution in [2.45, 2.75) is 19.5 Å². The van der Waals surface area contributed by atoms with Crippen molar-refractivity contribution in [1.82, 2.24) is 0 Å². The Hall–Kier alpha value is -2.05. The molecule has 0 aliphatic heterocycles. The minimum absolute atomic E-state index is 0.115. The second-order valence-electron chi connectivity index (χ2n) is 3.66. The minimum Gasteiger partial charge on any atom is -0.478 e. The molecular weight excluding hydrogens is 251 g/mol. The van der Waals surface area contributed by atoms with E-state index in [-0.39, 0.29) is 16.8 Å². The van der Waals surface area contributed by atoms with E-state index in [9.17, 15) is 22.8 Å². The van der Waals surface area contributed by atoms with E-state index in [0.29, 0.717) is 0 Å². The highest BCUT2D eigenvalue weighted by molar-refractivity contribution is 5.99. The van der Waals surface area contributed by atoms with Crippen molar-refractivity contribution in [2.75, 3.05) is 5.32 Å². The maximum absolute atomic E-state index is 12.2. The molecule has 0 aromatic heterocycles. The van der Waals surface area contributed by atoms with Crippen LogP contribution >= 0.6 is 0 Å². The third kappa shape index (κ3) is 4.08. The second-order valence-corrected chi connectivity index (χ2v) is 3.66. The van der Waals surface area contributed by atoms with E-state index < -0.39 is 24.5 Å². The van der Waals surface area contributed by atoms with Crippen LogP contribution in [0.25, 0.3) is 0 Å². The van der Waals surface area contributed by atoms with Crippen LogP contribution in [-0.4, -0.2) is 23.2 Å². The average molecular weight is 261 g/mol. The summed E-state index contributed by atoms with van der Waals surface area (Å²) in [4.78, 5) is 21.7. The first-order chi connectivity index (χ1) is 8.19. The molecule has 18 heavy (non-hydrogen) atoms. The number of halogens is 3. The van der Waals surface area contributed by atoms with Crippen LogP contribution in [0.3, 0.4) is 0 Å². The first-order valence-electron chi connectivity index (χ1n) is 4.89. The average Bonchev–Trinajstić information content (AvgIpc) is 2.13. The van der Waals surface area contributed by atoms with Crippen molar-refractivity contribution in [2.24, 2.45) is 0 Å². The van der Waals surface area contributed by atoms with Gasteiger partial charge in [-0.1, -0.05) is 6.07 Å². The van der Waals surface area contributed by atoms with E-state index in [0.717, 1.165) is 25.1 Å². The fourth-order valence-corrected chi connectivity index (χ4v) is 1.41. The monoisotopic (exact) mass is 261 g/mol. The molecule has 0 aliphatic carbocycles. The van der Waals surface area contributed by atoms with Gasteiger partial charge in [-0.3, -0.25) is 4.79 Å². The molecule has 0 unspecified atom stereocenters. The normalized spacial score (nSPS) is 11.1. The number of alkyl halides is 3. The molecule has 0 heterocycles. The molecule has 0 saturated heterocycles. The SMILES string of the molecule is CC(=O)Nc1cc(CC(F)(F)F)ccc1C(=O)O. The molecule has 4 nitrogen and oxygen atoms in total. The van der Waals surface area contributed by atoms with Crippen molar-refractivity contribution in [3.8, 4) is 0 Å². The number of amides is 1. The number of carbonyl (C=O) groups excluding carboxylic acids is 1. The van der Waals surface area contributed by atoms with Gasteiger partial charge in [0.1, 0.15) is 0 Å². The van der Waals surface area contributed by atoms with Crippen molar-refractivity contribution in [3.63, 3.8) is 0 Å². The molecule has 0 atom stereocenters. The Labute approximate surface area is 100 Å². The standard InChI is InChI=1S/C11H10F3NO3/c1-6(16)15-9-4-7(5-11(12,13)14)2-3-8(9)10(17)18/h2-4H,5H2,1H3,(H,15,16)(H,17,18). The summed E-state index contributed by atoms with van der Waals surface area (Å²) in [5.41, 5.74) is -0.510. The predicted molar refractivity (Wildman–Crippen MR) is 57.5 cm³/mol. The zero-order valence-electron chi connectivity index (χ0n) is 9.34. The third-order valence-corrected chi connectivity index (χ3v) is 2.03. The van der Waals surface area contributed by atoms with Gasteiger partial charge in [-0.05, 0) is 17.7 Å². The van der Waals surface area contributed by atoms with E-state index in [1.54, 1.807) is 0 Å². The number of benzene rings is 1. The fourth-order valence-electron chi connectivity index (χ4n) is 1.41. The summed E-state index contributed by atoms with van der Waals surface area (Å²) in [6.07, 6.45) is -5.57. The van der Waals surface area contributed by atoms with Crippen LogP contribution in [0.1, 0.15) is 22.8 Å². The van der Waals surface area contributed by atoms with Crippen LogP contribution in [-0.2, 0) is 11.2 Å². The highest BCUT2D eigenvalue weighted by Gasteiger charge is 2.28. The van der Waals surface area contributed by atoms with Gasteiger partial charge < -0.3 is 10.4 Å². The van der Waals surface area contributed by atoms with Crippen molar-refractivity contribution in [1.29, 1.82) is 0 Å². The summed E-state index contributed by atoms with van der Waals surface area (Å²) >= 11 is 0. The molecule has 0 bridgehead atoms. The lowest BCUT2D eigenvalue weighted by Gasteiger charge is -2.11. The van der Waals surface area contributed by atoms with Crippen molar-refractivity contribution >= 4 is 17.6 Å². The molecular formula is C11H10F3NO3. The summed E-state index contributed by atoms with van der Waals surface area (Å²) < 4.78 is 36.6. The molecule has 1 rings (SSSR count). The lowest BCUT2D eigenvalue weighted by atomic mass is 10.1. The number of rotatable bonds is 3. The summed E-state index contributed by atoms with van der Waals surface area (Å²) in [5.74, 6) is -1.88. The number of hydrogen-bond acceptors (Lipinski definition) is 2. The molecule has 0 saturated carbocycles. The zero-order chi connectivity index (χ0) is 13.9. The van der Waals surface area contributed by atoms with E-state index in [4.69, 9.17) is 5.11 Å².